The van der Waals surface area contributed by atoms with Gasteiger partial charge in [-0.25, -0.2) is 13.2 Å². The second-order valence-electron chi connectivity index (χ2n) is 28.0. The molecule has 12 nitrogen and oxygen atoms in total. The summed E-state index contributed by atoms with van der Waals surface area (Å²) in [6.45, 7) is 36.0. The molecule has 0 aromatic heterocycles. The van der Waals surface area contributed by atoms with Crippen LogP contribution in [0.2, 0.25) is 0 Å². The molecule has 0 aliphatic carbocycles. The molecule has 3 saturated heterocycles. The van der Waals surface area contributed by atoms with Crippen LogP contribution in [0.25, 0.3) is 0 Å². The van der Waals surface area contributed by atoms with Crippen molar-refractivity contribution < 1.29 is 27.6 Å². The van der Waals surface area contributed by atoms with E-state index in [1.165, 1.54) is 74.3 Å². The van der Waals surface area contributed by atoms with Crippen molar-refractivity contribution >= 4 is 17.7 Å². The van der Waals surface area contributed by atoms with E-state index in [0.717, 1.165) is 125 Å². The van der Waals surface area contributed by atoms with Crippen LogP contribution in [0.5, 0.6) is 0 Å². The Labute approximate surface area is 623 Å². The van der Waals surface area contributed by atoms with Gasteiger partial charge in [-0.05, 0) is 174 Å². The Morgan fingerprint density at radius 1 is 0.314 bits per heavy atom. The normalized spacial score (nSPS) is 15.7. The van der Waals surface area contributed by atoms with Gasteiger partial charge in [-0.1, -0.05) is 168 Å². The number of hydrogen-bond donors (Lipinski definition) is 0. The topological polar surface area (TPSA) is 80.4 Å². The van der Waals surface area contributed by atoms with Crippen molar-refractivity contribution in [3.8, 4) is 0 Å². The summed E-state index contributed by atoms with van der Waals surface area (Å²) in [4.78, 5) is 58.7. The number of carbonyl (C=O) groups excluding carboxylic acids is 3. The summed E-state index contributed by atoms with van der Waals surface area (Å²) < 4.78 is 41.0. The van der Waals surface area contributed by atoms with E-state index in [0.29, 0.717) is 45.8 Å². The predicted octanol–water partition coefficient (Wildman–Crippen LogP) is 16.6. The van der Waals surface area contributed by atoms with Gasteiger partial charge in [0.1, 0.15) is 17.5 Å². The third-order valence-electron chi connectivity index (χ3n) is 20.9. The summed E-state index contributed by atoms with van der Waals surface area (Å²) in [7, 11) is 0. The summed E-state index contributed by atoms with van der Waals surface area (Å²) in [5.41, 5.74) is 16.2. The van der Waals surface area contributed by atoms with Gasteiger partial charge in [-0.2, -0.15) is 0 Å². The van der Waals surface area contributed by atoms with Crippen LogP contribution in [0.3, 0.4) is 0 Å². The van der Waals surface area contributed by atoms with E-state index in [2.05, 4.69) is 159 Å². The summed E-state index contributed by atoms with van der Waals surface area (Å²) in [5, 5.41) is 0. The van der Waals surface area contributed by atoms with E-state index in [1.807, 2.05) is 123 Å². The van der Waals surface area contributed by atoms with Gasteiger partial charge in [-0.15, -0.1) is 0 Å². The Bertz CT molecular complexity index is 4200. The Kier molecular flexibility index (Phi) is 29.0. The van der Waals surface area contributed by atoms with E-state index in [9.17, 15) is 27.6 Å². The van der Waals surface area contributed by atoms with Gasteiger partial charge in [0.15, 0.2) is 0 Å². The Hall–Kier alpha value is -9.06. The third-order valence-corrected chi connectivity index (χ3v) is 20.9. The molecule has 3 aliphatic heterocycles. The number of halogens is 3. The van der Waals surface area contributed by atoms with Gasteiger partial charge in [0, 0.05) is 160 Å². The van der Waals surface area contributed by atoms with E-state index < -0.39 is 0 Å². The number of piperazine rings is 3. The summed E-state index contributed by atoms with van der Waals surface area (Å²) >= 11 is 0. The molecule has 0 N–H and O–H groups in total. The molecule has 3 unspecified atom stereocenters. The summed E-state index contributed by atoms with van der Waals surface area (Å²) in [5.74, 6) is -0.252. The predicted molar refractivity (Wildman–Crippen MR) is 420 cm³/mol. The van der Waals surface area contributed by atoms with Gasteiger partial charge in [0.2, 0.25) is 0 Å². The van der Waals surface area contributed by atoms with Crippen molar-refractivity contribution in [2.75, 3.05) is 118 Å². The lowest BCUT2D eigenvalue weighted by atomic mass is 9.94. The largest absolute Gasteiger partial charge is 0.339 e. The van der Waals surface area contributed by atoms with Crippen LogP contribution in [0.1, 0.15) is 158 Å². The molecule has 12 rings (SSSR count). The number of hydrogen-bond acceptors (Lipinski definition) is 9. The van der Waals surface area contributed by atoms with E-state index in [-0.39, 0.29) is 53.3 Å². The molecular weight excluding hydrogens is 1310 g/mol. The zero-order valence-corrected chi connectivity index (χ0v) is 63.2. The maximum absolute atomic E-state index is 14.2. The van der Waals surface area contributed by atoms with Gasteiger partial charge in [0.25, 0.3) is 17.7 Å². The molecule has 0 radical (unpaired) electrons. The standard InChI is InChI=1S/3C30H36FN3O/c1-4-33(5-2)30(35)26-14-12-25(13-15-26)29(27-10-6-8-23(3)20-27)34-18-16-32(17-19-34)22-24-9-7-11-28(31)21-24;1-4-33(5-2)30(35)25-15-13-24(14-16-25)29(26-11-8-9-23(3)21-26)34-19-17-32(18-20-34)22-27-10-6-7-12-28(27)31;1-4-33(5-2)30(35)26-13-11-25(12-14-26)29(27-8-6-7-23(3)21-27)34-19-17-32(18-20-34)22-24-9-15-28(31)16-10-24/h6-15,20-21,29H,4-5,16-19,22H2,1-3H3;2*6-16,21,29H,4-5,17-20,22H2,1-3H3. The molecule has 0 bridgehead atoms. The lowest BCUT2D eigenvalue weighted by molar-refractivity contribution is 0.0765. The van der Waals surface area contributed by atoms with Gasteiger partial charge >= 0.3 is 0 Å². The number of nitrogens with zero attached hydrogens (tertiary/aromatic N) is 9. The van der Waals surface area contributed by atoms with Crippen LogP contribution in [0.15, 0.2) is 218 Å². The molecule has 105 heavy (non-hydrogen) atoms. The van der Waals surface area contributed by atoms with Crippen LogP contribution in [-0.2, 0) is 19.6 Å². The van der Waals surface area contributed by atoms with Gasteiger partial charge < -0.3 is 14.7 Å². The SMILES string of the molecule is CCN(CC)C(=O)c1ccc(C(c2cccc(C)c2)N2CCN(Cc3ccc(F)cc3)CC2)cc1.CCN(CC)C(=O)c1ccc(C(c2cccc(C)c2)N2CCN(Cc3cccc(F)c3)CC2)cc1.CCN(CC)C(=O)c1ccc(C(c2cccc(C)c2)N2CCN(Cc3ccccc3F)CC2)cc1. The fraction of sp³-hybridized carbons (Fsp3) is 0.367. The van der Waals surface area contributed by atoms with Crippen LogP contribution < -0.4 is 0 Å². The van der Waals surface area contributed by atoms with Crippen molar-refractivity contribution in [1.82, 2.24) is 44.1 Å². The zero-order chi connectivity index (χ0) is 74.4. The van der Waals surface area contributed by atoms with Crippen molar-refractivity contribution in [3.63, 3.8) is 0 Å². The molecule has 3 amide bonds. The highest BCUT2D eigenvalue weighted by atomic mass is 19.1. The number of rotatable bonds is 24. The highest BCUT2D eigenvalue weighted by molar-refractivity contribution is 5.95. The molecule has 0 spiro atoms. The molecule has 15 heteroatoms. The second kappa shape index (κ2) is 38.8. The molecule has 9 aromatic carbocycles. The number of amides is 3. The maximum atomic E-state index is 14.2. The first kappa shape index (κ1) is 78.5. The van der Waals surface area contributed by atoms with Crippen molar-refractivity contribution in [1.29, 1.82) is 0 Å². The minimum atomic E-state index is -0.190. The minimum absolute atomic E-state index is 0.0791. The molecule has 552 valence electrons. The van der Waals surface area contributed by atoms with Gasteiger partial charge in [0.05, 0.1) is 18.1 Å². The number of benzene rings is 9. The molecule has 3 fully saturated rings. The Morgan fingerprint density at radius 3 is 0.962 bits per heavy atom. The van der Waals surface area contributed by atoms with E-state index in [4.69, 9.17) is 0 Å². The summed E-state index contributed by atoms with van der Waals surface area (Å²) in [6, 6.07) is 71.8. The molecule has 3 atom stereocenters. The second-order valence-corrected chi connectivity index (χ2v) is 28.0. The Balaban J connectivity index is 0.000000169. The lowest BCUT2D eigenvalue weighted by Crippen LogP contribution is -2.47. The van der Waals surface area contributed by atoms with Crippen molar-refractivity contribution in [2.24, 2.45) is 0 Å². The first-order chi connectivity index (χ1) is 51.0. The fourth-order valence-electron chi connectivity index (χ4n) is 15.0. The van der Waals surface area contributed by atoms with Crippen molar-refractivity contribution in [3.05, 3.63) is 319 Å². The Morgan fingerprint density at radius 2 is 0.638 bits per heavy atom. The molecule has 0 saturated carbocycles. The van der Waals surface area contributed by atoms with Crippen LogP contribution in [0, 0.1) is 38.2 Å². The first-order valence-electron chi connectivity index (χ1n) is 37.9. The van der Waals surface area contributed by atoms with Crippen LogP contribution in [0.4, 0.5) is 13.2 Å². The maximum Gasteiger partial charge on any atom is 0.253 e. The fourth-order valence-corrected chi connectivity index (χ4v) is 15.0. The number of aryl methyl sites for hydroxylation is 3. The summed E-state index contributed by atoms with van der Waals surface area (Å²) in [6.07, 6.45) is 0. The number of carbonyl (C=O) groups is 3. The smallest absolute Gasteiger partial charge is 0.253 e. The van der Waals surface area contributed by atoms with E-state index >= 15 is 0 Å². The molecule has 3 heterocycles. The third kappa shape index (κ3) is 21.4. The quantitative estimate of drug-likeness (QED) is 0.0588. The molecular formula is C90H108F3N9O3. The molecule has 9 aromatic rings. The van der Waals surface area contributed by atoms with Crippen LogP contribution in [-0.4, -0.2) is 180 Å². The molecule has 3 aliphatic rings. The lowest BCUT2D eigenvalue weighted by Gasteiger charge is -2.40. The average Bonchev–Trinajstić information content (AvgIpc) is 0.810. The van der Waals surface area contributed by atoms with Crippen molar-refractivity contribution in [2.45, 2.75) is 100 Å². The highest BCUT2D eigenvalue weighted by Crippen LogP contribution is 2.35. The monoisotopic (exact) mass is 1420 g/mol. The minimum Gasteiger partial charge on any atom is -0.339 e. The van der Waals surface area contributed by atoms with Crippen LogP contribution >= 0.6 is 0 Å². The zero-order valence-electron chi connectivity index (χ0n) is 63.2. The van der Waals surface area contributed by atoms with E-state index in [1.54, 1.807) is 18.2 Å². The average molecular weight is 1420 g/mol. The first-order valence-corrected chi connectivity index (χ1v) is 37.9. The van der Waals surface area contributed by atoms with Gasteiger partial charge in [-0.3, -0.25) is 43.8 Å². The highest BCUT2D eigenvalue weighted by Gasteiger charge is 2.31.